The number of carbonyl (C=O) groups excluding carboxylic acids is 1. The molecule has 0 aliphatic carbocycles. The van der Waals surface area contributed by atoms with Gasteiger partial charge in [-0.25, -0.2) is 5.43 Å². The van der Waals surface area contributed by atoms with Gasteiger partial charge in [0.15, 0.2) is 12.4 Å². The molecule has 0 aromatic heterocycles. The zero-order chi connectivity index (χ0) is 17.5. The predicted octanol–water partition coefficient (Wildman–Crippen LogP) is 3.43. The van der Waals surface area contributed by atoms with Gasteiger partial charge in [-0.05, 0) is 29.8 Å². The molecule has 0 unspecified atom stereocenters. The molecular formula is C15H11Cl2N3O4. The summed E-state index contributed by atoms with van der Waals surface area (Å²) in [6.07, 6.45) is 1.43. The van der Waals surface area contributed by atoms with Gasteiger partial charge in [0, 0.05) is 16.1 Å². The second-order valence-corrected chi connectivity index (χ2v) is 5.38. The Morgan fingerprint density at radius 3 is 2.54 bits per heavy atom. The third-order valence-electron chi connectivity index (χ3n) is 2.75. The number of benzene rings is 2. The minimum Gasteiger partial charge on any atom is -0.477 e. The third kappa shape index (κ3) is 5.22. The third-order valence-corrected chi connectivity index (χ3v) is 3.24. The van der Waals surface area contributed by atoms with Crippen molar-refractivity contribution in [1.82, 2.24) is 5.43 Å². The molecular weight excluding hydrogens is 357 g/mol. The number of hydrazone groups is 1. The first-order valence-electron chi connectivity index (χ1n) is 6.60. The van der Waals surface area contributed by atoms with E-state index < -0.39 is 17.4 Å². The van der Waals surface area contributed by atoms with Gasteiger partial charge in [-0.15, -0.1) is 0 Å². The molecule has 1 amide bonds. The lowest BCUT2D eigenvalue weighted by atomic mass is 10.2. The van der Waals surface area contributed by atoms with E-state index in [0.29, 0.717) is 5.02 Å². The van der Waals surface area contributed by atoms with Crippen molar-refractivity contribution >= 4 is 41.0 Å². The van der Waals surface area contributed by atoms with Crippen molar-refractivity contribution in [3.05, 3.63) is 68.2 Å². The van der Waals surface area contributed by atoms with Gasteiger partial charge < -0.3 is 4.74 Å². The fourth-order valence-corrected chi connectivity index (χ4v) is 1.95. The highest BCUT2D eigenvalue weighted by molar-refractivity contribution is 6.31. The summed E-state index contributed by atoms with van der Waals surface area (Å²) in [7, 11) is 0. The number of hydrogen-bond donors (Lipinski definition) is 1. The molecule has 0 aliphatic rings. The number of carbonyl (C=O) groups is 1. The summed E-state index contributed by atoms with van der Waals surface area (Å²) in [4.78, 5) is 21.9. The van der Waals surface area contributed by atoms with Crippen LogP contribution in [0.4, 0.5) is 5.69 Å². The molecule has 0 fully saturated rings. The molecule has 2 aromatic rings. The molecule has 0 bridgehead atoms. The van der Waals surface area contributed by atoms with Crippen LogP contribution in [0.5, 0.6) is 5.75 Å². The Morgan fingerprint density at radius 2 is 1.88 bits per heavy atom. The van der Waals surface area contributed by atoms with Crippen LogP contribution in [0.25, 0.3) is 0 Å². The average Bonchev–Trinajstić information content (AvgIpc) is 2.55. The summed E-state index contributed by atoms with van der Waals surface area (Å²) in [5, 5.41) is 15.4. The molecule has 2 rings (SSSR count). The molecule has 1 N–H and O–H groups in total. The van der Waals surface area contributed by atoms with Crippen LogP contribution in [0.2, 0.25) is 10.0 Å². The predicted molar refractivity (Wildman–Crippen MR) is 90.8 cm³/mol. The number of amides is 1. The quantitative estimate of drug-likeness (QED) is 0.480. The van der Waals surface area contributed by atoms with Gasteiger partial charge in [0.25, 0.3) is 5.91 Å². The minimum absolute atomic E-state index is 0.0544. The summed E-state index contributed by atoms with van der Waals surface area (Å²) >= 11 is 11.4. The smallest absolute Gasteiger partial charge is 0.312 e. The van der Waals surface area contributed by atoms with E-state index in [1.54, 1.807) is 24.3 Å². The van der Waals surface area contributed by atoms with E-state index >= 15 is 0 Å². The van der Waals surface area contributed by atoms with Gasteiger partial charge >= 0.3 is 5.69 Å². The van der Waals surface area contributed by atoms with E-state index in [4.69, 9.17) is 27.9 Å². The molecule has 7 nitrogen and oxygen atoms in total. The molecule has 0 atom stereocenters. The number of hydrogen-bond acceptors (Lipinski definition) is 5. The Kier molecular flexibility index (Phi) is 6.11. The molecule has 9 heteroatoms. The number of nitrogens with zero attached hydrogens (tertiary/aromatic N) is 2. The molecule has 0 saturated heterocycles. The molecule has 0 aliphatic heterocycles. The van der Waals surface area contributed by atoms with Crippen LogP contribution in [0.1, 0.15) is 5.56 Å². The second-order valence-electron chi connectivity index (χ2n) is 4.50. The van der Waals surface area contributed by atoms with Crippen molar-refractivity contribution in [2.24, 2.45) is 5.10 Å². The van der Waals surface area contributed by atoms with E-state index in [0.717, 1.165) is 11.6 Å². The first-order valence-corrected chi connectivity index (χ1v) is 7.35. The molecule has 2 aromatic carbocycles. The number of nitrogens with one attached hydrogen (secondary N) is 1. The lowest BCUT2D eigenvalue weighted by molar-refractivity contribution is -0.385. The average molecular weight is 368 g/mol. The number of nitro groups is 1. The standard InChI is InChI=1S/C15H11Cl2N3O4/c16-11-3-1-10(2-4-11)8-18-19-15(21)9-24-14-6-5-12(17)7-13(14)20(22)23/h1-8H,9H2,(H,19,21). The Morgan fingerprint density at radius 1 is 1.21 bits per heavy atom. The van der Waals surface area contributed by atoms with Crippen LogP contribution in [0, 0.1) is 10.1 Å². The number of rotatable bonds is 6. The zero-order valence-electron chi connectivity index (χ0n) is 12.1. The Bertz CT molecular complexity index is 779. The number of nitro benzene ring substituents is 1. The SMILES string of the molecule is O=C(COc1ccc(Cl)cc1[N+](=O)[O-])NN=Cc1ccc(Cl)cc1. The van der Waals surface area contributed by atoms with Gasteiger partial charge in [-0.3, -0.25) is 14.9 Å². The van der Waals surface area contributed by atoms with E-state index in [2.05, 4.69) is 10.5 Å². The molecule has 124 valence electrons. The fraction of sp³-hybridized carbons (Fsp3) is 0.0667. The highest BCUT2D eigenvalue weighted by Gasteiger charge is 2.16. The number of ether oxygens (including phenoxy) is 1. The lowest BCUT2D eigenvalue weighted by Gasteiger charge is -2.05. The molecule has 0 spiro atoms. The maximum absolute atomic E-state index is 11.6. The summed E-state index contributed by atoms with van der Waals surface area (Å²) in [6.45, 7) is -0.430. The van der Waals surface area contributed by atoms with Crippen LogP contribution in [0.15, 0.2) is 47.6 Å². The number of halogens is 2. The van der Waals surface area contributed by atoms with Gasteiger partial charge in [-0.2, -0.15) is 5.10 Å². The highest BCUT2D eigenvalue weighted by atomic mass is 35.5. The Hall–Kier alpha value is -2.64. The molecule has 0 radical (unpaired) electrons. The first kappa shape index (κ1) is 17.7. The lowest BCUT2D eigenvalue weighted by Crippen LogP contribution is -2.24. The molecule has 24 heavy (non-hydrogen) atoms. The Labute approximate surface area is 147 Å². The minimum atomic E-state index is -0.641. The van der Waals surface area contributed by atoms with Crippen molar-refractivity contribution in [1.29, 1.82) is 0 Å². The zero-order valence-corrected chi connectivity index (χ0v) is 13.6. The van der Waals surface area contributed by atoms with Crippen LogP contribution >= 0.6 is 23.2 Å². The normalized spacial score (nSPS) is 10.6. The van der Waals surface area contributed by atoms with Crippen molar-refractivity contribution < 1.29 is 14.5 Å². The van der Waals surface area contributed by atoms with E-state index in [1.807, 2.05) is 0 Å². The summed E-state index contributed by atoms with van der Waals surface area (Å²) in [5.74, 6) is -0.620. The van der Waals surface area contributed by atoms with Gasteiger partial charge in [0.05, 0.1) is 11.1 Å². The molecule has 0 heterocycles. The van der Waals surface area contributed by atoms with Crippen LogP contribution in [-0.4, -0.2) is 23.7 Å². The largest absolute Gasteiger partial charge is 0.477 e. The van der Waals surface area contributed by atoms with E-state index in [-0.39, 0.29) is 16.5 Å². The fourth-order valence-electron chi connectivity index (χ4n) is 1.66. The van der Waals surface area contributed by atoms with E-state index in [9.17, 15) is 14.9 Å². The maximum Gasteiger partial charge on any atom is 0.312 e. The van der Waals surface area contributed by atoms with Crippen LogP contribution in [0.3, 0.4) is 0 Å². The van der Waals surface area contributed by atoms with Crippen molar-refractivity contribution in [3.8, 4) is 5.75 Å². The van der Waals surface area contributed by atoms with Gasteiger partial charge in [0.1, 0.15) is 0 Å². The monoisotopic (exact) mass is 367 g/mol. The topological polar surface area (TPSA) is 93.8 Å². The maximum atomic E-state index is 11.6. The summed E-state index contributed by atoms with van der Waals surface area (Å²) in [6, 6.07) is 10.7. The first-order chi connectivity index (χ1) is 11.5. The van der Waals surface area contributed by atoms with Crippen LogP contribution in [-0.2, 0) is 4.79 Å². The van der Waals surface area contributed by atoms with Crippen LogP contribution < -0.4 is 10.2 Å². The van der Waals surface area contributed by atoms with Crippen molar-refractivity contribution in [2.75, 3.05) is 6.61 Å². The summed E-state index contributed by atoms with van der Waals surface area (Å²) < 4.78 is 5.13. The van der Waals surface area contributed by atoms with E-state index in [1.165, 1.54) is 18.3 Å². The van der Waals surface area contributed by atoms with Crippen molar-refractivity contribution in [3.63, 3.8) is 0 Å². The second kappa shape index (κ2) is 8.28. The van der Waals surface area contributed by atoms with Gasteiger partial charge in [-0.1, -0.05) is 35.3 Å². The highest BCUT2D eigenvalue weighted by Crippen LogP contribution is 2.29. The van der Waals surface area contributed by atoms with Crippen molar-refractivity contribution in [2.45, 2.75) is 0 Å². The summed E-state index contributed by atoms with van der Waals surface area (Å²) in [5.41, 5.74) is 2.68. The Balaban J connectivity index is 1.89. The van der Waals surface area contributed by atoms with Gasteiger partial charge in [0.2, 0.25) is 0 Å². The molecule has 0 saturated carbocycles.